The molecule has 0 saturated heterocycles. The number of aromatic nitrogens is 1. The molecule has 0 bridgehead atoms. The first-order valence-corrected chi connectivity index (χ1v) is 10.8. The van der Waals surface area contributed by atoms with E-state index in [1.165, 1.54) is 46.9 Å². The van der Waals surface area contributed by atoms with Gasteiger partial charge < -0.3 is 0 Å². The van der Waals surface area contributed by atoms with Gasteiger partial charge in [-0.1, -0.05) is 13.8 Å². The summed E-state index contributed by atoms with van der Waals surface area (Å²) < 4.78 is 40.8. The van der Waals surface area contributed by atoms with Crippen LogP contribution in [-0.4, -0.2) is 13.4 Å². The van der Waals surface area contributed by atoms with Gasteiger partial charge in [-0.3, -0.25) is 4.72 Å². The molecule has 0 unspecified atom stereocenters. The molecule has 2 aromatic heterocycles. The number of thiophene rings is 1. The molecule has 0 spiro atoms. The molecule has 0 amide bonds. The maximum atomic E-state index is 13.0. The zero-order valence-corrected chi connectivity index (χ0v) is 16.4. The van der Waals surface area contributed by atoms with Gasteiger partial charge in [0.1, 0.15) is 15.7 Å². The zero-order valence-electron chi connectivity index (χ0n) is 13.9. The van der Waals surface area contributed by atoms with Crippen LogP contribution in [0.5, 0.6) is 0 Å². The van der Waals surface area contributed by atoms with Gasteiger partial charge in [-0.15, -0.1) is 22.7 Å². The summed E-state index contributed by atoms with van der Waals surface area (Å²) in [6.45, 7) is 5.91. The summed E-state index contributed by atoms with van der Waals surface area (Å²) in [5.41, 5.74) is 1.32. The molecule has 0 aliphatic carbocycles. The predicted octanol–water partition coefficient (Wildman–Crippen LogP) is 5.24. The molecule has 3 rings (SSSR count). The third-order valence-corrected chi connectivity index (χ3v) is 7.30. The highest BCUT2D eigenvalue weighted by molar-refractivity contribution is 7.93. The van der Waals surface area contributed by atoms with Crippen LogP contribution in [0.15, 0.2) is 40.6 Å². The fourth-order valence-electron chi connectivity index (χ4n) is 2.23. The molecule has 2 heterocycles. The van der Waals surface area contributed by atoms with Gasteiger partial charge in [-0.25, -0.2) is 17.8 Å². The summed E-state index contributed by atoms with van der Waals surface area (Å²) in [6, 6.07) is 6.87. The van der Waals surface area contributed by atoms with Crippen LogP contribution in [0, 0.1) is 12.7 Å². The Balaban J connectivity index is 1.91. The Morgan fingerprint density at radius 3 is 2.48 bits per heavy atom. The van der Waals surface area contributed by atoms with E-state index in [2.05, 4.69) is 23.6 Å². The van der Waals surface area contributed by atoms with Crippen molar-refractivity contribution in [2.45, 2.75) is 31.6 Å². The van der Waals surface area contributed by atoms with Crippen molar-refractivity contribution in [2.24, 2.45) is 0 Å². The maximum absolute atomic E-state index is 13.0. The minimum absolute atomic E-state index is 0.220. The third kappa shape index (κ3) is 3.91. The SMILES string of the molecule is Cc1sc(-c2nc(C(C)C)cs2)cc1S(=O)(=O)Nc1ccc(F)cc1. The molecule has 25 heavy (non-hydrogen) atoms. The molecule has 4 nitrogen and oxygen atoms in total. The Bertz CT molecular complexity index is 989. The van der Waals surface area contributed by atoms with Crippen LogP contribution < -0.4 is 4.72 Å². The number of hydrogen-bond donors (Lipinski definition) is 1. The summed E-state index contributed by atoms with van der Waals surface area (Å²) >= 11 is 2.91. The quantitative estimate of drug-likeness (QED) is 0.641. The summed E-state index contributed by atoms with van der Waals surface area (Å²) in [5, 5.41) is 2.82. The number of anilines is 1. The van der Waals surface area contributed by atoms with Gasteiger partial charge in [0, 0.05) is 15.9 Å². The molecule has 132 valence electrons. The maximum Gasteiger partial charge on any atom is 0.263 e. The summed E-state index contributed by atoms with van der Waals surface area (Å²) in [7, 11) is -3.74. The second-order valence-electron chi connectivity index (χ2n) is 5.88. The van der Waals surface area contributed by atoms with Crippen LogP contribution in [0.3, 0.4) is 0 Å². The van der Waals surface area contributed by atoms with Gasteiger partial charge in [0.2, 0.25) is 0 Å². The number of thiazole rings is 1. The number of nitrogens with one attached hydrogen (secondary N) is 1. The average Bonchev–Trinajstić information content (AvgIpc) is 3.16. The van der Waals surface area contributed by atoms with Crippen molar-refractivity contribution < 1.29 is 12.8 Å². The van der Waals surface area contributed by atoms with Gasteiger partial charge in [-0.2, -0.15) is 0 Å². The minimum atomic E-state index is -3.74. The van der Waals surface area contributed by atoms with Crippen LogP contribution in [0.4, 0.5) is 10.1 Å². The number of hydrogen-bond acceptors (Lipinski definition) is 5. The lowest BCUT2D eigenvalue weighted by atomic mass is 10.2. The molecule has 1 aromatic carbocycles. The molecular formula is C17H17FN2O2S3. The molecule has 8 heteroatoms. The highest BCUT2D eigenvalue weighted by Crippen LogP contribution is 2.36. The molecule has 0 fully saturated rings. The van der Waals surface area contributed by atoms with Gasteiger partial charge in [0.05, 0.1) is 10.6 Å². The van der Waals surface area contributed by atoms with Crippen molar-refractivity contribution in [1.82, 2.24) is 4.98 Å². The van der Waals surface area contributed by atoms with Crippen molar-refractivity contribution in [1.29, 1.82) is 0 Å². The predicted molar refractivity (Wildman–Crippen MR) is 101 cm³/mol. The first-order valence-electron chi connectivity index (χ1n) is 7.61. The number of nitrogens with zero attached hydrogens (tertiary/aromatic N) is 1. The average molecular weight is 397 g/mol. The summed E-state index contributed by atoms with van der Waals surface area (Å²) in [5.74, 6) is -0.0870. The molecule has 1 N–H and O–H groups in total. The molecule has 0 aliphatic heterocycles. The molecular weight excluding hydrogens is 379 g/mol. The summed E-state index contributed by atoms with van der Waals surface area (Å²) in [4.78, 5) is 6.32. The number of sulfonamides is 1. The van der Waals surface area contributed by atoms with E-state index >= 15 is 0 Å². The molecule has 3 aromatic rings. The molecule has 0 aliphatic rings. The third-order valence-electron chi connectivity index (χ3n) is 3.58. The summed E-state index contributed by atoms with van der Waals surface area (Å²) in [6.07, 6.45) is 0. The smallest absolute Gasteiger partial charge is 0.263 e. The van der Waals surface area contributed by atoms with Crippen molar-refractivity contribution in [2.75, 3.05) is 4.72 Å². The van der Waals surface area contributed by atoms with E-state index in [9.17, 15) is 12.8 Å². The second-order valence-corrected chi connectivity index (χ2v) is 9.64. The Labute approximate surface area is 154 Å². The Hall–Kier alpha value is -1.77. The van der Waals surface area contributed by atoms with Crippen molar-refractivity contribution in [3.63, 3.8) is 0 Å². The van der Waals surface area contributed by atoms with E-state index in [1.54, 1.807) is 13.0 Å². The zero-order chi connectivity index (χ0) is 18.2. The van der Waals surface area contributed by atoms with Gasteiger partial charge in [0.25, 0.3) is 10.0 Å². The van der Waals surface area contributed by atoms with Crippen LogP contribution in [0.2, 0.25) is 0 Å². The van der Waals surface area contributed by atoms with E-state index in [0.29, 0.717) is 16.5 Å². The molecule has 0 radical (unpaired) electrons. The Morgan fingerprint density at radius 2 is 1.88 bits per heavy atom. The van der Waals surface area contributed by atoms with E-state index in [0.717, 1.165) is 15.6 Å². The Morgan fingerprint density at radius 1 is 1.20 bits per heavy atom. The van der Waals surface area contributed by atoms with Gasteiger partial charge in [-0.05, 0) is 43.2 Å². The van der Waals surface area contributed by atoms with Crippen molar-refractivity contribution in [3.8, 4) is 9.88 Å². The first kappa shape index (κ1) is 18.0. The van der Waals surface area contributed by atoms with E-state index in [1.807, 2.05) is 5.38 Å². The lowest BCUT2D eigenvalue weighted by Crippen LogP contribution is -2.13. The highest BCUT2D eigenvalue weighted by Gasteiger charge is 2.22. The van der Waals surface area contributed by atoms with Gasteiger partial charge in [0.15, 0.2) is 0 Å². The fourth-order valence-corrected chi connectivity index (χ4v) is 5.93. The second kappa shape index (κ2) is 6.86. The van der Waals surface area contributed by atoms with Crippen molar-refractivity contribution in [3.05, 3.63) is 52.1 Å². The largest absolute Gasteiger partial charge is 0.280 e. The monoisotopic (exact) mass is 396 g/mol. The van der Waals surface area contributed by atoms with Gasteiger partial charge >= 0.3 is 0 Å². The fraction of sp³-hybridized carbons (Fsp3) is 0.235. The van der Waals surface area contributed by atoms with Crippen LogP contribution >= 0.6 is 22.7 Å². The van der Waals surface area contributed by atoms with Crippen LogP contribution in [0.1, 0.15) is 30.3 Å². The lowest BCUT2D eigenvalue weighted by Gasteiger charge is -2.07. The normalized spacial score (nSPS) is 11.9. The number of benzene rings is 1. The number of rotatable bonds is 5. The van der Waals surface area contributed by atoms with Crippen LogP contribution in [-0.2, 0) is 10.0 Å². The minimum Gasteiger partial charge on any atom is -0.280 e. The van der Waals surface area contributed by atoms with Crippen molar-refractivity contribution >= 4 is 38.4 Å². The standard InChI is InChI=1S/C17H17FN2O2S3/c1-10(2)14-9-23-17(19-14)15-8-16(11(3)24-15)25(21,22)20-13-6-4-12(18)5-7-13/h4-10,20H,1-3H3. The van der Waals surface area contributed by atoms with E-state index in [-0.39, 0.29) is 4.90 Å². The topological polar surface area (TPSA) is 59.1 Å². The van der Waals surface area contributed by atoms with E-state index < -0.39 is 15.8 Å². The van der Waals surface area contributed by atoms with E-state index in [4.69, 9.17) is 0 Å². The number of halogens is 1. The number of aryl methyl sites for hydroxylation is 1. The first-order chi connectivity index (χ1) is 11.8. The highest BCUT2D eigenvalue weighted by atomic mass is 32.2. The lowest BCUT2D eigenvalue weighted by molar-refractivity contribution is 0.601. The molecule has 0 atom stereocenters. The molecule has 0 saturated carbocycles. The van der Waals surface area contributed by atoms with Crippen LogP contribution in [0.25, 0.3) is 9.88 Å². The Kier molecular flexibility index (Phi) is 4.95.